The molecule has 4 rings (SSSR count). The zero-order chi connectivity index (χ0) is 17.8. The van der Waals surface area contributed by atoms with Crippen molar-refractivity contribution in [3.05, 3.63) is 48.3 Å². The van der Waals surface area contributed by atoms with E-state index in [1.807, 2.05) is 6.07 Å². The molecule has 0 amide bonds. The van der Waals surface area contributed by atoms with Gasteiger partial charge in [-0.3, -0.25) is 4.90 Å². The Labute approximate surface area is 152 Å². The van der Waals surface area contributed by atoms with Crippen LogP contribution in [0.5, 0.6) is 5.75 Å². The summed E-state index contributed by atoms with van der Waals surface area (Å²) in [5.41, 5.74) is 1.23. The maximum atomic E-state index is 6.04. The van der Waals surface area contributed by atoms with Crippen LogP contribution in [0.15, 0.2) is 42.7 Å². The highest BCUT2D eigenvalue weighted by atomic mass is 16.5. The molecule has 7 heteroatoms. The monoisotopic (exact) mass is 353 g/mol. The Morgan fingerprint density at radius 1 is 1.15 bits per heavy atom. The number of aryl methyl sites for hydroxylation is 1. The molecule has 1 aliphatic heterocycles. The molecule has 0 saturated carbocycles. The summed E-state index contributed by atoms with van der Waals surface area (Å²) in [6.45, 7) is 4.50. The van der Waals surface area contributed by atoms with E-state index < -0.39 is 0 Å². The summed E-state index contributed by atoms with van der Waals surface area (Å²) in [5, 5.41) is 13.6. The van der Waals surface area contributed by atoms with Gasteiger partial charge < -0.3 is 9.47 Å². The van der Waals surface area contributed by atoms with Crippen molar-refractivity contribution >= 4 is 10.8 Å². The molecule has 3 aromatic rings. The fraction of sp³-hybridized carbons (Fsp3) is 0.421. The van der Waals surface area contributed by atoms with Crippen molar-refractivity contribution in [3.8, 4) is 5.75 Å². The average molecular weight is 353 g/mol. The summed E-state index contributed by atoms with van der Waals surface area (Å²) < 4.78 is 13.1. The van der Waals surface area contributed by atoms with Crippen LogP contribution in [-0.4, -0.2) is 58.5 Å². The van der Waals surface area contributed by atoms with Gasteiger partial charge in [-0.05, 0) is 51.4 Å². The standard InChI is InChI=1S/C19H23N5O2/c1-25-18-6-5-15-11-17(4-3-16(15)12-18)19-13-23(9-10-26-19)7-2-8-24-14-20-21-22-24/h3-6,11-12,14,19H,2,7-10,13H2,1H3/t19-/m1/s1. The second-order valence-corrected chi connectivity index (χ2v) is 6.56. The lowest BCUT2D eigenvalue weighted by Gasteiger charge is -2.33. The lowest BCUT2D eigenvalue weighted by Crippen LogP contribution is -2.39. The van der Waals surface area contributed by atoms with Crippen molar-refractivity contribution in [1.82, 2.24) is 25.1 Å². The number of hydrogen-bond donors (Lipinski definition) is 0. The van der Waals surface area contributed by atoms with Gasteiger partial charge >= 0.3 is 0 Å². The van der Waals surface area contributed by atoms with Crippen LogP contribution in [0, 0.1) is 0 Å². The quantitative estimate of drug-likeness (QED) is 0.677. The van der Waals surface area contributed by atoms with E-state index in [9.17, 15) is 0 Å². The molecule has 0 unspecified atom stereocenters. The minimum absolute atomic E-state index is 0.114. The number of rotatable bonds is 6. The maximum Gasteiger partial charge on any atom is 0.138 e. The lowest BCUT2D eigenvalue weighted by molar-refractivity contribution is -0.0305. The minimum atomic E-state index is 0.114. The van der Waals surface area contributed by atoms with Gasteiger partial charge in [-0.1, -0.05) is 18.2 Å². The predicted molar refractivity (Wildman–Crippen MR) is 98.1 cm³/mol. The van der Waals surface area contributed by atoms with Gasteiger partial charge in [-0.15, -0.1) is 5.10 Å². The van der Waals surface area contributed by atoms with Crippen molar-refractivity contribution in [2.45, 2.75) is 19.1 Å². The summed E-state index contributed by atoms with van der Waals surface area (Å²) in [6.07, 6.45) is 2.80. The molecule has 0 aliphatic carbocycles. The molecule has 1 aliphatic rings. The van der Waals surface area contributed by atoms with Crippen molar-refractivity contribution in [1.29, 1.82) is 0 Å². The van der Waals surface area contributed by atoms with Crippen LogP contribution in [-0.2, 0) is 11.3 Å². The van der Waals surface area contributed by atoms with Gasteiger partial charge in [-0.25, -0.2) is 4.68 Å². The van der Waals surface area contributed by atoms with Gasteiger partial charge in [0.05, 0.1) is 19.8 Å². The van der Waals surface area contributed by atoms with Gasteiger partial charge in [0, 0.05) is 26.2 Å². The molecule has 1 saturated heterocycles. The van der Waals surface area contributed by atoms with Crippen LogP contribution in [0.2, 0.25) is 0 Å². The minimum Gasteiger partial charge on any atom is -0.497 e. The molecule has 7 nitrogen and oxygen atoms in total. The Balaban J connectivity index is 1.39. The molecule has 2 heterocycles. The first kappa shape index (κ1) is 16.9. The second kappa shape index (κ2) is 7.80. The Kier molecular flexibility index (Phi) is 5.08. The first-order chi connectivity index (χ1) is 12.8. The molecular weight excluding hydrogens is 330 g/mol. The topological polar surface area (TPSA) is 65.3 Å². The van der Waals surface area contributed by atoms with Crippen molar-refractivity contribution in [3.63, 3.8) is 0 Å². The highest BCUT2D eigenvalue weighted by Gasteiger charge is 2.21. The normalized spacial score (nSPS) is 18.3. The summed E-state index contributed by atoms with van der Waals surface area (Å²) >= 11 is 0. The number of tetrazole rings is 1. The molecule has 0 spiro atoms. The molecule has 1 atom stereocenters. The highest BCUT2D eigenvalue weighted by molar-refractivity contribution is 5.84. The van der Waals surface area contributed by atoms with Crippen molar-refractivity contribution < 1.29 is 9.47 Å². The van der Waals surface area contributed by atoms with Crippen molar-refractivity contribution in [2.24, 2.45) is 0 Å². The number of methoxy groups -OCH3 is 1. The van der Waals surface area contributed by atoms with E-state index in [2.05, 4.69) is 50.8 Å². The Morgan fingerprint density at radius 3 is 2.88 bits per heavy atom. The molecule has 1 aromatic heterocycles. The molecule has 0 radical (unpaired) electrons. The molecule has 136 valence electrons. The van der Waals surface area contributed by atoms with E-state index in [1.165, 1.54) is 16.3 Å². The van der Waals surface area contributed by atoms with E-state index in [4.69, 9.17) is 9.47 Å². The lowest BCUT2D eigenvalue weighted by atomic mass is 10.0. The fourth-order valence-corrected chi connectivity index (χ4v) is 3.42. The second-order valence-electron chi connectivity index (χ2n) is 6.56. The Hall–Kier alpha value is -2.51. The molecular formula is C19H23N5O2. The Morgan fingerprint density at radius 2 is 2.04 bits per heavy atom. The first-order valence-corrected chi connectivity index (χ1v) is 8.94. The summed E-state index contributed by atoms with van der Waals surface area (Å²) in [5.74, 6) is 0.882. The van der Waals surface area contributed by atoms with E-state index in [1.54, 1.807) is 18.1 Å². The third kappa shape index (κ3) is 3.84. The van der Waals surface area contributed by atoms with Crippen LogP contribution in [0.1, 0.15) is 18.1 Å². The number of fused-ring (bicyclic) bond motifs is 1. The fourth-order valence-electron chi connectivity index (χ4n) is 3.42. The number of ether oxygens (including phenoxy) is 2. The maximum absolute atomic E-state index is 6.04. The largest absolute Gasteiger partial charge is 0.497 e. The molecule has 0 bridgehead atoms. The highest BCUT2D eigenvalue weighted by Crippen LogP contribution is 2.27. The number of aromatic nitrogens is 4. The first-order valence-electron chi connectivity index (χ1n) is 8.94. The van der Waals surface area contributed by atoms with E-state index in [0.717, 1.165) is 45.0 Å². The van der Waals surface area contributed by atoms with Crippen LogP contribution in [0.3, 0.4) is 0 Å². The number of morpholine rings is 1. The average Bonchev–Trinajstić information content (AvgIpc) is 3.21. The van der Waals surface area contributed by atoms with Gasteiger partial charge in [0.25, 0.3) is 0 Å². The zero-order valence-electron chi connectivity index (χ0n) is 14.9. The van der Waals surface area contributed by atoms with Crippen LogP contribution in [0.4, 0.5) is 0 Å². The van der Waals surface area contributed by atoms with E-state index in [0.29, 0.717) is 0 Å². The predicted octanol–water partition coefficient (Wildman–Crippen LogP) is 2.30. The molecule has 0 N–H and O–H groups in total. The van der Waals surface area contributed by atoms with Gasteiger partial charge in [-0.2, -0.15) is 0 Å². The van der Waals surface area contributed by atoms with Crippen LogP contribution >= 0.6 is 0 Å². The smallest absolute Gasteiger partial charge is 0.138 e. The number of hydrogen-bond acceptors (Lipinski definition) is 6. The number of nitrogens with zero attached hydrogens (tertiary/aromatic N) is 5. The van der Waals surface area contributed by atoms with E-state index >= 15 is 0 Å². The molecule has 26 heavy (non-hydrogen) atoms. The number of benzene rings is 2. The SMILES string of the molecule is COc1ccc2cc([C@H]3CN(CCCn4cnnn4)CCO3)ccc2c1. The van der Waals surface area contributed by atoms with Gasteiger partial charge in [0.15, 0.2) is 0 Å². The van der Waals surface area contributed by atoms with Crippen LogP contribution in [0.25, 0.3) is 10.8 Å². The van der Waals surface area contributed by atoms with Gasteiger partial charge in [0.1, 0.15) is 12.1 Å². The third-order valence-corrected chi connectivity index (χ3v) is 4.85. The summed E-state index contributed by atoms with van der Waals surface area (Å²) in [6, 6.07) is 12.7. The van der Waals surface area contributed by atoms with E-state index in [-0.39, 0.29) is 6.10 Å². The summed E-state index contributed by atoms with van der Waals surface area (Å²) in [7, 11) is 1.69. The molecule has 1 fully saturated rings. The third-order valence-electron chi connectivity index (χ3n) is 4.85. The Bertz CT molecular complexity index is 852. The van der Waals surface area contributed by atoms with Gasteiger partial charge in [0.2, 0.25) is 0 Å². The molecule has 2 aromatic carbocycles. The van der Waals surface area contributed by atoms with Crippen molar-refractivity contribution in [2.75, 3.05) is 33.4 Å². The van der Waals surface area contributed by atoms with Crippen LogP contribution < -0.4 is 4.74 Å². The zero-order valence-corrected chi connectivity index (χ0v) is 14.9. The summed E-state index contributed by atoms with van der Waals surface area (Å²) in [4.78, 5) is 2.46.